The second-order valence-corrected chi connectivity index (χ2v) is 7.78. The first-order valence-corrected chi connectivity index (χ1v) is 9.73. The van der Waals surface area contributed by atoms with Crippen LogP contribution in [0.15, 0.2) is 62.7 Å². The fourth-order valence-electron chi connectivity index (χ4n) is 3.25. The maximum Gasteiger partial charge on any atom is 0.333 e. The molecule has 0 spiro atoms. The van der Waals surface area contributed by atoms with Gasteiger partial charge in [0.05, 0.1) is 22.5 Å². The van der Waals surface area contributed by atoms with Crippen LogP contribution < -0.4 is 16.6 Å². The van der Waals surface area contributed by atoms with E-state index in [4.69, 9.17) is 0 Å². The molecule has 7 nitrogen and oxygen atoms in total. The van der Waals surface area contributed by atoms with Crippen molar-refractivity contribution in [2.75, 3.05) is 5.32 Å². The van der Waals surface area contributed by atoms with E-state index in [-0.39, 0.29) is 22.3 Å². The van der Waals surface area contributed by atoms with Gasteiger partial charge in [0, 0.05) is 17.7 Å². The predicted octanol–water partition coefficient (Wildman–Crippen LogP) is 3.48. The molecule has 0 bridgehead atoms. The number of carbonyl (C=O) groups excluding carboxylic acids is 1. The highest BCUT2D eigenvalue weighted by molar-refractivity contribution is 9.10. The van der Waals surface area contributed by atoms with Gasteiger partial charge in [-0.15, -0.1) is 0 Å². The zero-order valence-electron chi connectivity index (χ0n) is 16.0. The molecule has 4 aromatic rings. The average molecular weight is 471 g/mol. The van der Waals surface area contributed by atoms with Crippen molar-refractivity contribution in [3.05, 3.63) is 90.9 Å². The minimum Gasteiger partial charge on any atom is -0.344 e. The molecule has 0 radical (unpaired) electrons. The zero-order chi connectivity index (χ0) is 21.6. The summed E-state index contributed by atoms with van der Waals surface area (Å²) in [7, 11) is 1.60. The van der Waals surface area contributed by atoms with E-state index in [1.165, 1.54) is 22.9 Å². The lowest BCUT2D eigenvalue weighted by Crippen LogP contribution is -2.34. The highest BCUT2D eigenvalue weighted by Crippen LogP contribution is 2.22. The Morgan fingerprint density at radius 3 is 2.50 bits per heavy atom. The molecule has 0 unspecified atom stereocenters. The molecule has 0 saturated carbocycles. The molecule has 0 saturated heterocycles. The van der Waals surface area contributed by atoms with E-state index >= 15 is 0 Å². The maximum absolute atomic E-state index is 14.1. The minimum absolute atomic E-state index is 0.0180. The second kappa shape index (κ2) is 7.42. The third-order valence-corrected chi connectivity index (χ3v) is 5.23. The molecule has 0 aliphatic rings. The molecule has 1 amide bonds. The summed E-state index contributed by atoms with van der Waals surface area (Å²) in [6.07, 6.45) is 1.42. The number of anilines is 1. The van der Waals surface area contributed by atoms with Gasteiger partial charge in [-0.05, 0) is 37.3 Å². The minimum atomic E-state index is -0.675. The highest BCUT2D eigenvalue weighted by Gasteiger charge is 2.21. The van der Waals surface area contributed by atoms with Crippen LogP contribution in [-0.2, 0) is 7.05 Å². The largest absolute Gasteiger partial charge is 0.344 e. The van der Waals surface area contributed by atoms with Crippen molar-refractivity contribution in [3.63, 3.8) is 0 Å². The number of carbonyl (C=O) groups is 1. The number of amides is 1. The molecule has 9 heteroatoms. The number of H-pyrrole nitrogens is 1. The highest BCUT2D eigenvalue weighted by atomic mass is 79.9. The van der Waals surface area contributed by atoms with E-state index in [0.29, 0.717) is 10.2 Å². The van der Waals surface area contributed by atoms with Crippen molar-refractivity contribution in [2.45, 2.75) is 6.92 Å². The van der Waals surface area contributed by atoms with Crippen molar-refractivity contribution < 1.29 is 9.18 Å². The second-order valence-electron chi connectivity index (χ2n) is 6.86. The maximum atomic E-state index is 14.1. The SMILES string of the molecule is Cc1ccc(-n2c(=O)[nH]c3c(C(=O)Nc4ccc(Br)cc4F)cn(C)c3c2=O)cc1. The molecule has 0 aliphatic carbocycles. The number of aryl methyl sites for hydroxylation is 2. The van der Waals surface area contributed by atoms with E-state index in [1.807, 2.05) is 6.92 Å². The zero-order valence-corrected chi connectivity index (χ0v) is 17.6. The summed E-state index contributed by atoms with van der Waals surface area (Å²) in [5.41, 5.74) is 0.443. The van der Waals surface area contributed by atoms with Crippen LogP contribution in [0.25, 0.3) is 16.7 Å². The lowest BCUT2D eigenvalue weighted by molar-refractivity contribution is 0.102. The summed E-state index contributed by atoms with van der Waals surface area (Å²) in [6.45, 7) is 1.90. The Morgan fingerprint density at radius 2 is 1.83 bits per heavy atom. The average Bonchev–Trinajstić information content (AvgIpc) is 3.02. The van der Waals surface area contributed by atoms with E-state index in [1.54, 1.807) is 37.4 Å². The lowest BCUT2D eigenvalue weighted by Gasteiger charge is -2.07. The predicted molar refractivity (Wildman–Crippen MR) is 116 cm³/mol. The van der Waals surface area contributed by atoms with Crippen molar-refractivity contribution >= 4 is 38.6 Å². The van der Waals surface area contributed by atoms with Crippen LogP contribution in [0.4, 0.5) is 10.1 Å². The molecule has 0 aliphatic heterocycles. The summed E-state index contributed by atoms with van der Waals surface area (Å²) in [4.78, 5) is 41.1. The summed E-state index contributed by atoms with van der Waals surface area (Å²) in [5, 5.41) is 2.47. The van der Waals surface area contributed by atoms with E-state index in [0.717, 1.165) is 10.1 Å². The van der Waals surface area contributed by atoms with Crippen LogP contribution in [-0.4, -0.2) is 20.0 Å². The van der Waals surface area contributed by atoms with E-state index < -0.39 is 23.0 Å². The van der Waals surface area contributed by atoms with Crippen molar-refractivity contribution in [1.29, 1.82) is 0 Å². The van der Waals surface area contributed by atoms with Crippen molar-refractivity contribution in [2.24, 2.45) is 7.05 Å². The number of hydrogen-bond donors (Lipinski definition) is 2. The Balaban J connectivity index is 1.83. The number of nitrogens with one attached hydrogen (secondary N) is 2. The van der Waals surface area contributed by atoms with Crippen molar-refractivity contribution in [3.8, 4) is 5.69 Å². The molecular weight excluding hydrogens is 455 g/mol. The number of aromatic amines is 1. The summed E-state index contributed by atoms with van der Waals surface area (Å²) in [5.74, 6) is -1.27. The van der Waals surface area contributed by atoms with Gasteiger partial charge in [0.25, 0.3) is 11.5 Å². The third-order valence-electron chi connectivity index (χ3n) is 4.74. The fraction of sp³-hybridized carbons (Fsp3) is 0.0952. The van der Waals surface area contributed by atoms with Crippen molar-refractivity contribution in [1.82, 2.24) is 14.1 Å². The number of benzene rings is 2. The monoisotopic (exact) mass is 470 g/mol. The van der Waals surface area contributed by atoms with Crippen LogP contribution in [0.2, 0.25) is 0 Å². The van der Waals surface area contributed by atoms with Crippen LogP contribution in [0, 0.1) is 12.7 Å². The fourth-order valence-corrected chi connectivity index (χ4v) is 3.59. The van der Waals surface area contributed by atoms with Gasteiger partial charge < -0.3 is 14.9 Å². The smallest absolute Gasteiger partial charge is 0.333 e. The Kier molecular flexibility index (Phi) is 4.90. The van der Waals surface area contributed by atoms with Crippen LogP contribution in [0.1, 0.15) is 15.9 Å². The molecular formula is C21H16BrFN4O3. The van der Waals surface area contributed by atoms with Crippen LogP contribution in [0.5, 0.6) is 0 Å². The summed E-state index contributed by atoms with van der Waals surface area (Å²) in [6, 6.07) is 11.2. The first-order valence-electron chi connectivity index (χ1n) is 8.94. The number of fused-ring (bicyclic) bond motifs is 1. The summed E-state index contributed by atoms with van der Waals surface area (Å²) < 4.78 is 17.1. The topological polar surface area (TPSA) is 88.9 Å². The Labute approximate surface area is 177 Å². The Bertz CT molecular complexity index is 1420. The van der Waals surface area contributed by atoms with Gasteiger partial charge >= 0.3 is 5.69 Å². The number of halogens is 2. The van der Waals surface area contributed by atoms with Crippen LogP contribution in [0.3, 0.4) is 0 Å². The quantitative estimate of drug-likeness (QED) is 0.480. The molecule has 2 aromatic heterocycles. The van der Waals surface area contributed by atoms with Gasteiger partial charge in [-0.25, -0.2) is 13.8 Å². The Morgan fingerprint density at radius 1 is 1.13 bits per heavy atom. The normalized spacial score (nSPS) is 11.1. The molecule has 2 heterocycles. The molecule has 2 aromatic carbocycles. The number of nitrogens with zero attached hydrogens (tertiary/aromatic N) is 2. The number of aromatic nitrogens is 3. The standard InChI is InChI=1S/C21H16BrFN4O3/c1-11-3-6-13(7-4-11)27-20(29)18-17(25-21(27)30)14(10-26(18)2)19(28)24-16-8-5-12(22)9-15(16)23/h3-10H,1-2H3,(H,24,28)(H,25,30). The van der Waals surface area contributed by atoms with Gasteiger partial charge in [0.15, 0.2) is 0 Å². The number of hydrogen-bond acceptors (Lipinski definition) is 3. The first-order chi connectivity index (χ1) is 14.3. The van der Waals surface area contributed by atoms with Crippen LogP contribution >= 0.6 is 15.9 Å². The van der Waals surface area contributed by atoms with Gasteiger partial charge in [0.2, 0.25) is 0 Å². The van der Waals surface area contributed by atoms with E-state index in [2.05, 4.69) is 26.2 Å². The lowest BCUT2D eigenvalue weighted by atomic mass is 10.2. The van der Waals surface area contributed by atoms with Gasteiger partial charge in [-0.3, -0.25) is 9.59 Å². The molecule has 152 valence electrons. The molecule has 4 rings (SSSR count). The third kappa shape index (κ3) is 3.37. The van der Waals surface area contributed by atoms with Gasteiger partial charge in [-0.1, -0.05) is 33.6 Å². The number of rotatable bonds is 3. The van der Waals surface area contributed by atoms with Gasteiger partial charge in [-0.2, -0.15) is 0 Å². The molecule has 30 heavy (non-hydrogen) atoms. The molecule has 2 N–H and O–H groups in total. The molecule has 0 fully saturated rings. The van der Waals surface area contributed by atoms with E-state index in [9.17, 15) is 18.8 Å². The first kappa shape index (κ1) is 19.8. The van der Waals surface area contributed by atoms with Gasteiger partial charge in [0.1, 0.15) is 11.3 Å². The summed E-state index contributed by atoms with van der Waals surface area (Å²) >= 11 is 3.16. The Hall–Kier alpha value is -3.46. The molecule has 0 atom stereocenters.